The van der Waals surface area contributed by atoms with Crippen LogP contribution < -0.4 is 5.32 Å². The Balaban J connectivity index is 1.93. The van der Waals surface area contributed by atoms with Crippen LogP contribution in [0.25, 0.3) is 5.65 Å². The number of aromatic nitrogens is 2. The van der Waals surface area contributed by atoms with Crippen molar-refractivity contribution in [2.45, 2.75) is 26.8 Å². The number of nitrogens with zero attached hydrogens (tertiary/aromatic N) is 3. The van der Waals surface area contributed by atoms with Crippen LogP contribution in [0.3, 0.4) is 0 Å². The average molecular weight is 258 g/mol. The van der Waals surface area contributed by atoms with E-state index in [2.05, 4.69) is 51.6 Å². The molecular weight excluding hydrogens is 236 g/mol. The lowest BCUT2D eigenvalue weighted by atomic mass is 10.3. The molecule has 0 aromatic carbocycles. The maximum absolute atomic E-state index is 4.68. The molecule has 0 spiro atoms. The maximum Gasteiger partial charge on any atom is 0.137 e. The van der Waals surface area contributed by atoms with Gasteiger partial charge in [0.25, 0.3) is 0 Å². The molecule has 0 atom stereocenters. The second-order valence-electron chi connectivity index (χ2n) is 5.38. The highest BCUT2D eigenvalue weighted by Crippen LogP contribution is 2.17. The van der Waals surface area contributed by atoms with Gasteiger partial charge in [0, 0.05) is 25.3 Å². The zero-order chi connectivity index (χ0) is 13.2. The monoisotopic (exact) mass is 258 g/mol. The summed E-state index contributed by atoms with van der Waals surface area (Å²) in [5.41, 5.74) is 4.84. The van der Waals surface area contributed by atoms with E-state index in [1.165, 1.54) is 24.4 Å². The van der Waals surface area contributed by atoms with Crippen LogP contribution in [0.4, 0.5) is 0 Å². The molecule has 102 valence electrons. The Morgan fingerprint density at radius 3 is 3.00 bits per heavy atom. The van der Waals surface area contributed by atoms with Crippen molar-refractivity contribution < 1.29 is 0 Å². The molecule has 1 N–H and O–H groups in total. The van der Waals surface area contributed by atoms with Crippen LogP contribution >= 0.6 is 0 Å². The molecule has 1 fully saturated rings. The normalized spacial score (nSPS) is 17.8. The van der Waals surface area contributed by atoms with Crippen LogP contribution in [0.15, 0.2) is 18.2 Å². The van der Waals surface area contributed by atoms with E-state index in [9.17, 15) is 0 Å². The van der Waals surface area contributed by atoms with Gasteiger partial charge >= 0.3 is 0 Å². The highest BCUT2D eigenvalue weighted by Gasteiger charge is 2.15. The summed E-state index contributed by atoms with van der Waals surface area (Å²) in [5, 5.41) is 3.46. The second kappa shape index (κ2) is 5.31. The molecule has 0 bridgehead atoms. The third-order valence-corrected chi connectivity index (χ3v) is 3.94. The molecule has 0 aliphatic carbocycles. The highest BCUT2D eigenvalue weighted by molar-refractivity contribution is 5.44. The van der Waals surface area contributed by atoms with Crippen LogP contribution in [0.5, 0.6) is 0 Å². The lowest BCUT2D eigenvalue weighted by Gasteiger charge is -2.20. The van der Waals surface area contributed by atoms with E-state index >= 15 is 0 Å². The van der Waals surface area contributed by atoms with Crippen LogP contribution in [0, 0.1) is 13.8 Å². The fraction of sp³-hybridized carbons (Fsp3) is 0.533. The number of rotatable bonds is 2. The molecule has 19 heavy (non-hydrogen) atoms. The van der Waals surface area contributed by atoms with Gasteiger partial charge in [-0.3, -0.25) is 9.30 Å². The van der Waals surface area contributed by atoms with Crippen molar-refractivity contribution in [3.05, 3.63) is 35.3 Å². The lowest BCUT2D eigenvalue weighted by molar-refractivity contribution is 0.279. The van der Waals surface area contributed by atoms with Crippen LogP contribution in [0.2, 0.25) is 0 Å². The summed E-state index contributed by atoms with van der Waals surface area (Å²) >= 11 is 0. The number of aryl methyl sites for hydroxylation is 2. The van der Waals surface area contributed by atoms with E-state index < -0.39 is 0 Å². The van der Waals surface area contributed by atoms with E-state index in [0.29, 0.717) is 0 Å². The number of hydrogen-bond acceptors (Lipinski definition) is 3. The van der Waals surface area contributed by atoms with Crippen molar-refractivity contribution in [2.75, 3.05) is 26.2 Å². The molecule has 4 nitrogen and oxygen atoms in total. The Labute approximate surface area is 114 Å². The second-order valence-corrected chi connectivity index (χ2v) is 5.38. The van der Waals surface area contributed by atoms with Gasteiger partial charge < -0.3 is 5.32 Å². The zero-order valence-electron chi connectivity index (χ0n) is 11.8. The van der Waals surface area contributed by atoms with E-state index in [0.717, 1.165) is 37.5 Å². The van der Waals surface area contributed by atoms with Crippen molar-refractivity contribution in [2.24, 2.45) is 0 Å². The number of imidazole rings is 1. The Morgan fingerprint density at radius 1 is 1.21 bits per heavy atom. The molecule has 0 radical (unpaired) electrons. The molecule has 0 saturated carbocycles. The van der Waals surface area contributed by atoms with Gasteiger partial charge in [0.2, 0.25) is 0 Å². The summed E-state index contributed by atoms with van der Waals surface area (Å²) in [6, 6.07) is 6.33. The van der Waals surface area contributed by atoms with Gasteiger partial charge in [0.15, 0.2) is 0 Å². The summed E-state index contributed by atoms with van der Waals surface area (Å²) in [4.78, 5) is 7.21. The summed E-state index contributed by atoms with van der Waals surface area (Å²) in [5.74, 6) is 0. The van der Waals surface area contributed by atoms with E-state index in [1.807, 2.05) is 0 Å². The zero-order valence-corrected chi connectivity index (χ0v) is 11.8. The Hall–Kier alpha value is -1.39. The van der Waals surface area contributed by atoms with Crippen molar-refractivity contribution in [1.29, 1.82) is 0 Å². The molecule has 3 heterocycles. The third-order valence-electron chi connectivity index (χ3n) is 3.94. The first-order valence-electron chi connectivity index (χ1n) is 7.12. The highest BCUT2D eigenvalue weighted by atomic mass is 15.2. The molecule has 2 aromatic rings. The Morgan fingerprint density at radius 2 is 2.11 bits per heavy atom. The molecular formula is C15H22N4. The first kappa shape index (κ1) is 12.6. The topological polar surface area (TPSA) is 32.6 Å². The quantitative estimate of drug-likeness (QED) is 0.890. The Kier molecular flexibility index (Phi) is 3.53. The largest absolute Gasteiger partial charge is 0.315 e. The summed E-state index contributed by atoms with van der Waals surface area (Å²) in [6.45, 7) is 9.81. The maximum atomic E-state index is 4.68. The molecule has 4 heteroatoms. The number of pyridine rings is 1. The summed E-state index contributed by atoms with van der Waals surface area (Å²) < 4.78 is 2.30. The van der Waals surface area contributed by atoms with Crippen LogP contribution in [0.1, 0.15) is 23.5 Å². The minimum Gasteiger partial charge on any atom is -0.315 e. The number of nitrogens with one attached hydrogen (secondary N) is 1. The van der Waals surface area contributed by atoms with Crippen molar-refractivity contribution >= 4 is 5.65 Å². The van der Waals surface area contributed by atoms with Gasteiger partial charge in [0.1, 0.15) is 5.65 Å². The minimum atomic E-state index is 1.000. The fourth-order valence-electron chi connectivity index (χ4n) is 2.90. The molecule has 0 amide bonds. The summed E-state index contributed by atoms with van der Waals surface area (Å²) in [7, 11) is 0. The molecule has 1 saturated heterocycles. The van der Waals surface area contributed by atoms with Crippen molar-refractivity contribution in [3.8, 4) is 0 Å². The smallest absolute Gasteiger partial charge is 0.137 e. The van der Waals surface area contributed by atoms with E-state index in [4.69, 9.17) is 0 Å². The molecule has 3 rings (SSSR count). The van der Waals surface area contributed by atoms with Crippen LogP contribution in [-0.2, 0) is 6.54 Å². The lowest BCUT2D eigenvalue weighted by Crippen LogP contribution is -2.28. The number of fused-ring (bicyclic) bond motifs is 1. The first-order chi connectivity index (χ1) is 9.25. The van der Waals surface area contributed by atoms with Crippen molar-refractivity contribution in [3.63, 3.8) is 0 Å². The predicted octanol–water partition coefficient (Wildman–Crippen LogP) is 1.75. The average Bonchev–Trinajstić information content (AvgIpc) is 2.58. The number of hydrogen-bond donors (Lipinski definition) is 1. The van der Waals surface area contributed by atoms with Gasteiger partial charge in [-0.2, -0.15) is 0 Å². The van der Waals surface area contributed by atoms with Gasteiger partial charge in [-0.05, 0) is 45.5 Å². The minimum absolute atomic E-state index is 1.000. The van der Waals surface area contributed by atoms with Crippen LogP contribution in [-0.4, -0.2) is 40.5 Å². The third kappa shape index (κ3) is 2.51. The van der Waals surface area contributed by atoms with E-state index in [-0.39, 0.29) is 0 Å². The SMILES string of the molecule is Cc1nc2cccc(C)n2c1CN1CCCNCC1. The Bertz CT molecular complexity index is 565. The first-order valence-corrected chi connectivity index (χ1v) is 7.12. The van der Waals surface area contributed by atoms with Gasteiger partial charge in [-0.15, -0.1) is 0 Å². The molecule has 0 unspecified atom stereocenters. The van der Waals surface area contributed by atoms with Gasteiger partial charge in [0.05, 0.1) is 11.4 Å². The van der Waals surface area contributed by atoms with Gasteiger partial charge in [-0.25, -0.2) is 4.98 Å². The molecule has 1 aliphatic rings. The predicted molar refractivity (Wildman–Crippen MR) is 77.4 cm³/mol. The van der Waals surface area contributed by atoms with Gasteiger partial charge in [-0.1, -0.05) is 6.07 Å². The summed E-state index contributed by atoms with van der Waals surface area (Å²) in [6.07, 6.45) is 1.23. The fourth-order valence-corrected chi connectivity index (χ4v) is 2.90. The standard InChI is InChI=1S/C15H22N4/c1-12-5-3-6-15-17-13(2)14(19(12)15)11-18-9-4-7-16-8-10-18/h3,5-6,16H,4,7-11H2,1-2H3. The molecule has 1 aliphatic heterocycles. The molecule has 2 aromatic heterocycles. The van der Waals surface area contributed by atoms with Crippen molar-refractivity contribution in [1.82, 2.24) is 19.6 Å². The van der Waals surface area contributed by atoms with E-state index in [1.54, 1.807) is 0 Å².